The van der Waals surface area contributed by atoms with Crippen molar-refractivity contribution in [3.05, 3.63) is 35.4 Å². The van der Waals surface area contributed by atoms with E-state index in [1.165, 1.54) is 0 Å². The highest BCUT2D eigenvalue weighted by Crippen LogP contribution is 2.06. The quantitative estimate of drug-likeness (QED) is 0.686. The van der Waals surface area contributed by atoms with Crippen molar-refractivity contribution in [2.24, 2.45) is 0 Å². The molecule has 0 fully saturated rings. The average molecular weight is 286 g/mol. The summed E-state index contributed by atoms with van der Waals surface area (Å²) < 4.78 is 25.0. The minimum Gasteiger partial charge on any atom is -0.392 e. The van der Waals surface area contributed by atoms with Gasteiger partial charge in [-0.05, 0) is 25.0 Å². The van der Waals surface area contributed by atoms with E-state index in [0.29, 0.717) is 13.1 Å². The van der Waals surface area contributed by atoms with Gasteiger partial charge in [0.2, 0.25) is 10.0 Å². The Labute approximate surface area is 115 Å². The normalized spacial score (nSPS) is 12.6. The maximum atomic E-state index is 11.2. The molecule has 1 rings (SSSR count). The van der Waals surface area contributed by atoms with E-state index in [9.17, 15) is 8.42 Å². The van der Waals surface area contributed by atoms with Crippen molar-refractivity contribution in [3.8, 4) is 0 Å². The Morgan fingerprint density at radius 3 is 2.16 bits per heavy atom. The molecule has 0 aliphatic heterocycles. The molecule has 0 amide bonds. The summed E-state index contributed by atoms with van der Waals surface area (Å²) in [5.74, 6) is 0. The van der Waals surface area contributed by atoms with Crippen LogP contribution in [-0.2, 0) is 23.2 Å². The van der Waals surface area contributed by atoms with Gasteiger partial charge in [0.1, 0.15) is 0 Å². The largest absolute Gasteiger partial charge is 0.392 e. The van der Waals surface area contributed by atoms with Crippen LogP contribution in [0.25, 0.3) is 0 Å². The lowest BCUT2D eigenvalue weighted by atomic mass is 10.1. The Hall–Kier alpha value is -0.950. The molecule has 1 aromatic rings. The summed E-state index contributed by atoms with van der Waals surface area (Å²) in [5.41, 5.74) is 1.44. The molecule has 0 spiro atoms. The van der Waals surface area contributed by atoms with Crippen molar-refractivity contribution in [1.82, 2.24) is 10.0 Å². The van der Waals surface area contributed by atoms with Crippen molar-refractivity contribution >= 4 is 10.0 Å². The Balaban J connectivity index is 2.44. The number of nitrogens with one attached hydrogen (secondary N) is 2. The van der Waals surface area contributed by atoms with Gasteiger partial charge in [0.25, 0.3) is 0 Å². The molecule has 0 heterocycles. The molecule has 0 saturated carbocycles. The molecular formula is C13H22N2O3S. The Kier molecular flexibility index (Phi) is 5.49. The molecule has 5 nitrogen and oxygen atoms in total. The van der Waals surface area contributed by atoms with Crippen LogP contribution in [0.3, 0.4) is 0 Å². The third-order valence-corrected chi connectivity index (χ3v) is 3.49. The summed E-state index contributed by atoms with van der Waals surface area (Å²) in [7, 11) is -3.20. The van der Waals surface area contributed by atoms with Crippen molar-refractivity contribution in [2.45, 2.75) is 32.5 Å². The molecule has 0 atom stereocenters. The van der Waals surface area contributed by atoms with E-state index in [4.69, 9.17) is 5.11 Å². The standard InChI is InChI=1S/C13H22N2O3S/c1-13(2,15-19(3,17)18)10-14-8-11-4-6-12(9-16)7-5-11/h4-7,14-16H,8-10H2,1-3H3. The van der Waals surface area contributed by atoms with Gasteiger partial charge in [0, 0.05) is 18.6 Å². The molecule has 0 radical (unpaired) electrons. The van der Waals surface area contributed by atoms with Crippen molar-refractivity contribution < 1.29 is 13.5 Å². The zero-order valence-corrected chi connectivity index (χ0v) is 12.4. The fourth-order valence-electron chi connectivity index (χ4n) is 1.82. The van der Waals surface area contributed by atoms with E-state index in [2.05, 4.69) is 10.0 Å². The average Bonchev–Trinajstić information content (AvgIpc) is 2.26. The zero-order valence-electron chi connectivity index (χ0n) is 11.6. The topological polar surface area (TPSA) is 78.4 Å². The predicted octanol–water partition coefficient (Wildman–Crippen LogP) is 0.596. The van der Waals surface area contributed by atoms with Gasteiger partial charge in [0.05, 0.1) is 12.9 Å². The second-order valence-electron chi connectivity index (χ2n) is 5.34. The molecule has 0 bridgehead atoms. The second-order valence-corrected chi connectivity index (χ2v) is 7.08. The number of aliphatic hydroxyl groups is 1. The molecule has 3 N–H and O–H groups in total. The van der Waals surface area contributed by atoms with Crippen LogP contribution in [0.1, 0.15) is 25.0 Å². The number of hydrogen-bond donors (Lipinski definition) is 3. The van der Waals surface area contributed by atoms with Crippen LogP contribution < -0.4 is 10.0 Å². The summed E-state index contributed by atoms with van der Waals surface area (Å²) in [6.07, 6.45) is 1.16. The van der Waals surface area contributed by atoms with E-state index < -0.39 is 15.6 Å². The first-order valence-corrected chi connectivity index (χ1v) is 7.99. The van der Waals surface area contributed by atoms with Crippen molar-refractivity contribution in [1.29, 1.82) is 0 Å². The molecular weight excluding hydrogens is 264 g/mol. The van der Waals surface area contributed by atoms with Crippen LogP contribution >= 0.6 is 0 Å². The highest BCUT2D eigenvalue weighted by molar-refractivity contribution is 7.88. The van der Waals surface area contributed by atoms with Crippen LogP contribution in [0, 0.1) is 0 Å². The Bertz CT molecular complexity index is 495. The SMILES string of the molecule is CC(C)(CNCc1ccc(CO)cc1)NS(C)(=O)=O. The molecule has 108 valence electrons. The van der Waals surface area contributed by atoms with Gasteiger partial charge in [-0.3, -0.25) is 0 Å². The van der Waals surface area contributed by atoms with E-state index in [1.54, 1.807) is 0 Å². The zero-order chi connectivity index (χ0) is 14.5. The molecule has 0 aliphatic carbocycles. The van der Waals surface area contributed by atoms with E-state index in [1.807, 2.05) is 38.1 Å². The number of aliphatic hydroxyl groups excluding tert-OH is 1. The van der Waals surface area contributed by atoms with Gasteiger partial charge in [0.15, 0.2) is 0 Å². The molecule has 1 aromatic carbocycles. The highest BCUT2D eigenvalue weighted by Gasteiger charge is 2.21. The number of sulfonamides is 1. The Morgan fingerprint density at radius 1 is 1.16 bits per heavy atom. The molecule has 0 aromatic heterocycles. The van der Waals surface area contributed by atoms with E-state index in [-0.39, 0.29) is 6.61 Å². The van der Waals surface area contributed by atoms with E-state index >= 15 is 0 Å². The number of hydrogen-bond acceptors (Lipinski definition) is 4. The summed E-state index contributed by atoms with van der Waals surface area (Å²) in [4.78, 5) is 0. The van der Waals surface area contributed by atoms with Gasteiger partial charge >= 0.3 is 0 Å². The maximum Gasteiger partial charge on any atom is 0.209 e. The molecule has 0 unspecified atom stereocenters. The smallest absolute Gasteiger partial charge is 0.209 e. The first-order chi connectivity index (χ1) is 8.72. The first kappa shape index (κ1) is 16.1. The highest BCUT2D eigenvalue weighted by atomic mass is 32.2. The van der Waals surface area contributed by atoms with Crippen LogP contribution in [0.2, 0.25) is 0 Å². The third kappa shape index (κ3) is 6.68. The van der Waals surface area contributed by atoms with Gasteiger partial charge in [-0.2, -0.15) is 0 Å². The fourth-order valence-corrected chi connectivity index (χ4v) is 2.90. The summed E-state index contributed by atoms with van der Waals surface area (Å²) in [6, 6.07) is 7.62. The molecule has 6 heteroatoms. The molecule has 0 aliphatic rings. The summed E-state index contributed by atoms with van der Waals surface area (Å²) in [5, 5.41) is 12.2. The van der Waals surface area contributed by atoms with E-state index in [0.717, 1.165) is 17.4 Å². The van der Waals surface area contributed by atoms with Crippen LogP contribution in [-0.4, -0.2) is 31.9 Å². The second kappa shape index (κ2) is 6.47. The minimum atomic E-state index is -3.20. The summed E-state index contributed by atoms with van der Waals surface area (Å²) >= 11 is 0. The predicted molar refractivity (Wildman–Crippen MR) is 76.1 cm³/mol. The van der Waals surface area contributed by atoms with Gasteiger partial charge in [-0.1, -0.05) is 24.3 Å². The maximum absolute atomic E-state index is 11.2. The lowest BCUT2D eigenvalue weighted by Crippen LogP contribution is -2.49. The van der Waals surface area contributed by atoms with Gasteiger partial charge in [-0.25, -0.2) is 13.1 Å². The van der Waals surface area contributed by atoms with Crippen molar-refractivity contribution in [2.75, 3.05) is 12.8 Å². The minimum absolute atomic E-state index is 0.0407. The number of rotatable bonds is 7. The monoisotopic (exact) mass is 286 g/mol. The van der Waals surface area contributed by atoms with Gasteiger partial charge < -0.3 is 10.4 Å². The van der Waals surface area contributed by atoms with Gasteiger partial charge in [-0.15, -0.1) is 0 Å². The fraction of sp³-hybridized carbons (Fsp3) is 0.538. The van der Waals surface area contributed by atoms with Crippen LogP contribution in [0.5, 0.6) is 0 Å². The van der Waals surface area contributed by atoms with Crippen LogP contribution in [0.15, 0.2) is 24.3 Å². The lowest BCUT2D eigenvalue weighted by molar-refractivity contribution is 0.282. The first-order valence-electron chi connectivity index (χ1n) is 6.10. The van der Waals surface area contributed by atoms with Crippen molar-refractivity contribution in [3.63, 3.8) is 0 Å². The molecule has 19 heavy (non-hydrogen) atoms. The molecule has 0 saturated heterocycles. The number of benzene rings is 1. The Morgan fingerprint density at radius 2 is 1.68 bits per heavy atom. The lowest BCUT2D eigenvalue weighted by Gasteiger charge is -2.25. The summed E-state index contributed by atoms with van der Waals surface area (Å²) in [6.45, 7) is 4.88. The third-order valence-electron chi connectivity index (χ3n) is 2.56. The van der Waals surface area contributed by atoms with Crippen LogP contribution in [0.4, 0.5) is 0 Å².